The van der Waals surface area contributed by atoms with Crippen LogP contribution in [0.4, 0.5) is 5.69 Å². The topological polar surface area (TPSA) is 41.1 Å². The van der Waals surface area contributed by atoms with E-state index >= 15 is 0 Å². The average Bonchev–Trinajstić information content (AvgIpc) is 2.49. The standard InChI is InChI=1S/C18H20N2O.ClH/c1-12-3-4-13(2)17(9-12)18(21)20-16-6-5-14-7-8-19-11-15(14)10-16;/h3-6,9-10,19H,7-8,11H2,1-2H3,(H,20,21);1H. The Morgan fingerprint density at radius 2 is 1.91 bits per heavy atom. The van der Waals surface area contributed by atoms with Crippen molar-refractivity contribution in [2.45, 2.75) is 26.8 Å². The second-order valence-electron chi connectivity index (χ2n) is 5.68. The van der Waals surface area contributed by atoms with Gasteiger partial charge >= 0.3 is 0 Å². The van der Waals surface area contributed by atoms with Gasteiger partial charge in [-0.1, -0.05) is 23.8 Å². The number of anilines is 1. The van der Waals surface area contributed by atoms with Gasteiger partial charge in [-0.25, -0.2) is 0 Å². The Bertz CT molecular complexity index is 697. The molecule has 3 nitrogen and oxygen atoms in total. The number of halogens is 1. The van der Waals surface area contributed by atoms with E-state index in [2.05, 4.69) is 22.8 Å². The number of carbonyl (C=O) groups is 1. The van der Waals surface area contributed by atoms with Gasteiger partial charge in [0.25, 0.3) is 5.91 Å². The molecular formula is C18H21ClN2O. The molecule has 0 spiro atoms. The SMILES string of the molecule is Cc1ccc(C)c(C(=O)Nc2ccc3c(c2)CNCC3)c1.Cl. The fraction of sp³-hybridized carbons (Fsp3) is 0.278. The van der Waals surface area contributed by atoms with Gasteiger partial charge in [0.05, 0.1) is 0 Å². The molecule has 1 amide bonds. The summed E-state index contributed by atoms with van der Waals surface area (Å²) in [5.41, 5.74) is 6.35. The summed E-state index contributed by atoms with van der Waals surface area (Å²) < 4.78 is 0. The Morgan fingerprint density at radius 1 is 1.09 bits per heavy atom. The van der Waals surface area contributed by atoms with Gasteiger partial charge in [-0.3, -0.25) is 4.79 Å². The molecule has 0 radical (unpaired) electrons. The van der Waals surface area contributed by atoms with Crippen molar-refractivity contribution in [3.8, 4) is 0 Å². The van der Waals surface area contributed by atoms with Gasteiger partial charge in [0, 0.05) is 17.8 Å². The maximum Gasteiger partial charge on any atom is 0.255 e. The molecule has 4 heteroatoms. The first kappa shape index (κ1) is 16.5. The Hall–Kier alpha value is -1.84. The lowest BCUT2D eigenvalue weighted by Gasteiger charge is -2.18. The number of nitrogens with one attached hydrogen (secondary N) is 2. The minimum absolute atomic E-state index is 0. The summed E-state index contributed by atoms with van der Waals surface area (Å²) in [5.74, 6) is -0.0417. The molecule has 0 aromatic heterocycles. The zero-order chi connectivity index (χ0) is 14.8. The summed E-state index contributed by atoms with van der Waals surface area (Å²) in [7, 11) is 0. The third-order valence-corrected chi connectivity index (χ3v) is 3.99. The van der Waals surface area contributed by atoms with E-state index in [0.717, 1.165) is 41.9 Å². The van der Waals surface area contributed by atoms with Crippen molar-refractivity contribution < 1.29 is 4.79 Å². The van der Waals surface area contributed by atoms with E-state index in [0.29, 0.717) is 0 Å². The molecule has 0 unspecified atom stereocenters. The predicted octanol–water partition coefficient (Wildman–Crippen LogP) is 3.62. The number of aryl methyl sites for hydroxylation is 2. The number of carbonyl (C=O) groups excluding carboxylic acids is 1. The van der Waals surface area contributed by atoms with Gasteiger partial charge in [-0.2, -0.15) is 0 Å². The number of amides is 1. The van der Waals surface area contributed by atoms with Crippen LogP contribution in [0, 0.1) is 13.8 Å². The van der Waals surface area contributed by atoms with E-state index < -0.39 is 0 Å². The Kier molecular flexibility index (Phi) is 5.22. The molecule has 1 aliphatic heterocycles. The van der Waals surface area contributed by atoms with Gasteiger partial charge in [-0.05, 0) is 61.7 Å². The average molecular weight is 317 g/mol. The molecule has 1 heterocycles. The molecule has 0 saturated heterocycles. The van der Waals surface area contributed by atoms with Crippen LogP contribution in [-0.2, 0) is 13.0 Å². The molecule has 2 aromatic rings. The van der Waals surface area contributed by atoms with E-state index in [4.69, 9.17) is 0 Å². The number of rotatable bonds is 2. The third-order valence-electron chi connectivity index (χ3n) is 3.99. The fourth-order valence-electron chi connectivity index (χ4n) is 2.74. The van der Waals surface area contributed by atoms with Crippen LogP contribution in [0.1, 0.15) is 32.6 Å². The lowest BCUT2D eigenvalue weighted by molar-refractivity contribution is 0.102. The Balaban J connectivity index is 0.00000176. The summed E-state index contributed by atoms with van der Waals surface area (Å²) in [6.45, 7) is 5.87. The molecule has 0 atom stereocenters. The normalized spacial score (nSPS) is 13.0. The van der Waals surface area contributed by atoms with Gasteiger partial charge in [0.2, 0.25) is 0 Å². The first-order valence-corrected chi connectivity index (χ1v) is 7.34. The number of fused-ring (bicyclic) bond motifs is 1. The monoisotopic (exact) mass is 316 g/mol. The quantitative estimate of drug-likeness (QED) is 0.888. The largest absolute Gasteiger partial charge is 0.322 e. The molecule has 0 aliphatic carbocycles. The molecule has 0 bridgehead atoms. The Labute approximate surface area is 137 Å². The molecule has 1 aliphatic rings. The smallest absolute Gasteiger partial charge is 0.255 e. The van der Waals surface area contributed by atoms with Crippen molar-refractivity contribution >= 4 is 24.0 Å². The fourth-order valence-corrected chi connectivity index (χ4v) is 2.74. The van der Waals surface area contributed by atoms with Gasteiger partial charge in [0.1, 0.15) is 0 Å². The minimum atomic E-state index is -0.0417. The van der Waals surface area contributed by atoms with E-state index in [-0.39, 0.29) is 18.3 Å². The van der Waals surface area contributed by atoms with Crippen LogP contribution in [0.2, 0.25) is 0 Å². The molecule has 22 heavy (non-hydrogen) atoms. The Morgan fingerprint density at radius 3 is 2.73 bits per heavy atom. The minimum Gasteiger partial charge on any atom is -0.322 e. The summed E-state index contributed by atoms with van der Waals surface area (Å²) in [5, 5.41) is 6.37. The van der Waals surface area contributed by atoms with Gasteiger partial charge < -0.3 is 10.6 Å². The van der Waals surface area contributed by atoms with Crippen LogP contribution >= 0.6 is 12.4 Å². The molecule has 2 aromatic carbocycles. The first-order valence-electron chi connectivity index (χ1n) is 7.34. The molecular weight excluding hydrogens is 296 g/mol. The highest BCUT2D eigenvalue weighted by Gasteiger charge is 2.12. The summed E-state index contributed by atoms with van der Waals surface area (Å²) in [6.07, 6.45) is 1.06. The molecule has 3 rings (SSSR count). The highest BCUT2D eigenvalue weighted by atomic mass is 35.5. The third kappa shape index (κ3) is 3.49. The number of benzene rings is 2. The predicted molar refractivity (Wildman–Crippen MR) is 93.0 cm³/mol. The van der Waals surface area contributed by atoms with Crippen molar-refractivity contribution in [2.24, 2.45) is 0 Å². The highest BCUT2D eigenvalue weighted by Crippen LogP contribution is 2.20. The van der Waals surface area contributed by atoms with Crippen LogP contribution < -0.4 is 10.6 Å². The number of hydrogen-bond donors (Lipinski definition) is 2. The second-order valence-corrected chi connectivity index (χ2v) is 5.68. The van der Waals surface area contributed by atoms with Crippen molar-refractivity contribution in [1.82, 2.24) is 5.32 Å². The van der Waals surface area contributed by atoms with Crippen LogP contribution in [0.5, 0.6) is 0 Å². The maximum atomic E-state index is 12.4. The second kappa shape index (κ2) is 6.95. The van der Waals surface area contributed by atoms with Crippen molar-refractivity contribution in [1.29, 1.82) is 0 Å². The van der Waals surface area contributed by atoms with Crippen LogP contribution in [0.25, 0.3) is 0 Å². The van der Waals surface area contributed by atoms with Crippen molar-refractivity contribution in [3.63, 3.8) is 0 Å². The van der Waals surface area contributed by atoms with Crippen LogP contribution in [-0.4, -0.2) is 12.5 Å². The van der Waals surface area contributed by atoms with Gasteiger partial charge in [-0.15, -0.1) is 12.4 Å². The lowest BCUT2D eigenvalue weighted by Crippen LogP contribution is -2.23. The molecule has 116 valence electrons. The summed E-state index contributed by atoms with van der Waals surface area (Å²) in [4.78, 5) is 12.4. The van der Waals surface area contributed by atoms with E-state index in [1.54, 1.807) is 0 Å². The van der Waals surface area contributed by atoms with Crippen molar-refractivity contribution in [2.75, 3.05) is 11.9 Å². The van der Waals surface area contributed by atoms with E-state index in [1.165, 1.54) is 11.1 Å². The van der Waals surface area contributed by atoms with E-state index in [9.17, 15) is 4.79 Å². The van der Waals surface area contributed by atoms with Crippen molar-refractivity contribution in [3.05, 3.63) is 64.2 Å². The first-order chi connectivity index (χ1) is 10.1. The van der Waals surface area contributed by atoms with Gasteiger partial charge in [0.15, 0.2) is 0 Å². The van der Waals surface area contributed by atoms with Crippen LogP contribution in [0.3, 0.4) is 0 Å². The van der Waals surface area contributed by atoms with E-state index in [1.807, 2.05) is 38.1 Å². The lowest BCUT2D eigenvalue weighted by atomic mass is 10.00. The summed E-state index contributed by atoms with van der Waals surface area (Å²) >= 11 is 0. The summed E-state index contributed by atoms with van der Waals surface area (Å²) in [6, 6.07) is 12.1. The molecule has 0 saturated carbocycles. The number of hydrogen-bond acceptors (Lipinski definition) is 2. The van der Waals surface area contributed by atoms with Crippen LogP contribution in [0.15, 0.2) is 36.4 Å². The molecule has 2 N–H and O–H groups in total. The zero-order valence-corrected chi connectivity index (χ0v) is 13.7. The maximum absolute atomic E-state index is 12.4. The molecule has 0 fully saturated rings. The zero-order valence-electron chi connectivity index (χ0n) is 12.9. The highest BCUT2D eigenvalue weighted by molar-refractivity contribution is 6.05.